The first-order valence-electron chi connectivity index (χ1n) is 14.3. The fourth-order valence-electron chi connectivity index (χ4n) is 5.42. The summed E-state index contributed by atoms with van der Waals surface area (Å²) in [5, 5.41) is 12.4. The number of aryl methyl sites for hydroxylation is 2. The van der Waals surface area contributed by atoms with E-state index in [0.29, 0.717) is 36.4 Å². The van der Waals surface area contributed by atoms with Crippen LogP contribution in [0.2, 0.25) is 0 Å². The maximum Gasteiger partial charge on any atom is 0.164 e. The summed E-state index contributed by atoms with van der Waals surface area (Å²) in [4.78, 5) is 21.7. The summed E-state index contributed by atoms with van der Waals surface area (Å²) in [7, 11) is 3.59. The molecule has 42 heavy (non-hydrogen) atoms. The monoisotopic (exact) mass is 571 g/mol. The van der Waals surface area contributed by atoms with Gasteiger partial charge in [0, 0.05) is 50.9 Å². The Bertz CT molecular complexity index is 1610. The predicted octanol–water partition coefficient (Wildman–Crippen LogP) is 2.89. The number of benzene rings is 1. The third-order valence-electron chi connectivity index (χ3n) is 7.57. The molecule has 1 aromatic carbocycles. The van der Waals surface area contributed by atoms with E-state index in [1.807, 2.05) is 42.8 Å². The van der Waals surface area contributed by atoms with E-state index in [1.54, 1.807) is 13.2 Å². The van der Waals surface area contributed by atoms with E-state index in [1.165, 1.54) is 5.12 Å². The Morgan fingerprint density at radius 2 is 1.98 bits per heavy atom. The van der Waals surface area contributed by atoms with Gasteiger partial charge in [-0.05, 0) is 43.9 Å². The fraction of sp³-hybridized carbons (Fsp3) is 0.414. The topological polar surface area (TPSA) is 177 Å². The van der Waals surface area contributed by atoms with E-state index >= 15 is 0 Å². The number of hydrazine groups is 1. The maximum absolute atomic E-state index is 6.29. The number of amidine groups is 1. The average molecular weight is 572 g/mol. The van der Waals surface area contributed by atoms with Crippen molar-refractivity contribution in [3.63, 3.8) is 0 Å². The maximum atomic E-state index is 6.29. The summed E-state index contributed by atoms with van der Waals surface area (Å²) < 4.78 is 1.97. The lowest BCUT2D eigenvalue weighted by atomic mass is 10.0. The second-order valence-electron chi connectivity index (χ2n) is 10.8. The van der Waals surface area contributed by atoms with E-state index in [0.717, 1.165) is 76.9 Å². The number of anilines is 5. The standard InChI is InChI=1S/C29H41N13/c1-6-19-20(27(31)39-41(5)32)8-7-9-21(19)35-23-14-24(38-29-26(23)34-18(3)40(29)4)37-25-15-33-28(22(36-25)10-12-30)42-13-11-17(2)16-42/h7-9,14-15,17H,6,10-13,16,30,32H2,1-5H3,(H2,31,39)(H2,35,36,37,38). The molecule has 1 aliphatic heterocycles. The second kappa shape index (κ2) is 12.2. The Morgan fingerprint density at radius 1 is 1.17 bits per heavy atom. The van der Waals surface area contributed by atoms with Gasteiger partial charge in [0.25, 0.3) is 0 Å². The van der Waals surface area contributed by atoms with Crippen LogP contribution in [0.1, 0.15) is 42.9 Å². The number of imidazole rings is 1. The van der Waals surface area contributed by atoms with Crippen molar-refractivity contribution in [1.82, 2.24) is 29.6 Å². The molecular formula is C29H41N13. The van der Waals surface area contributed by atoms with Crippen molar-refractivity contribution in [3.05, 3.63) is 53.1 Å². The highest BCUT2D eigenvalue weighted by Gasteiger charge is 2.23. The molecule has 222 valence electrons. The summed E-state index contributed by atoms with van der Waals surface area (Å²) in [5.41, 5.74) is 18.1. The molecule has 0 aliphatic carbocycles. The fourth-order valence-corrected chi connectivity index (χ4v) is 5.42. The van der Waals surface area contributed by atoms with E-state index in [9.17, 15) is 0 Å². The van der Waals surface area contributed by atoms with Crippen LogP contribution in [0, 0.1) is 12.8 Å². The van der Waals surface area contributed by atoms with Crippen LogP contribution in [-0.2, 0) is 19.9 Å². The summed E-state index contributed by atoms with van der Waals surface area (Å²) in [6.07, 6.45) is 4.29. The van der Waals surface area contributed by atoms with E-state index < -0.39 is 0 Å². The molecule has 3 aromatic heterocycles. The van der Waals surface area contributed by atoms with Gasteiger partial charge in [0.2, 0.25) is 0 Å². The Labute approximate surface area is 246 Å². The highest BCUT2D eigenvalue weighted by atomic mass is 15.6. The lowest BCUT2D eigenvalue weighted by Gasteiger charge is -2.20. The van der Waals surface area contributed by atoms with Crippen molar-refractivity contribution in [3.8, 4) is 0 Å². The molecule has 1 saturated heterocycles. The normalized spacial score (nSPS) is 15.5. The zero-order valence-corrected chi connectivity index (χ0v) is 25.0. The van der Waals surface area contributed by atoms with Crippen molar-refractivity contribution >= 4 is 45.8 Å². The minimum absolute atomic E-state index is 0.343. The Kier molecular flexibility index (Phi) is 8.41. The first kappa shape index (κ1) is 29.0. The molecule has 4 heterocycles. The van der Waals surface area contributed by atoms with Gasteiger partial charge in [0.1, 0.15) is 17.2 Å². The molecule has 1 aliphatic rings. The number of hydrogen-bond donors (Lipinski definition) is 5. The molecule has 0 spiro atoms. The van der Waals surface area contributed by atoms with Gasteiger partial charge >= 0.3 is 0 Å². The van der Waals surface area contributed by atoms with Crippen molar-refractivity contribution < 1.29 is 0 Å². The Hall–Kier alpha value is -4.49. The SMILES string of the molecule is CCc1c(Nc2cc(Nc3cnc(N4CCC(C)C4)c(CCN)n3)nc3c2nc(C)n3C)cccc1/C(N)=N/N(C)N. The van der Waals surface area contributed by atoms with Gasteiger partial charge in [0.05, 0.1) is 17.6 Å². The molecule has 0 amide bonds. The second-order valence-corrected chi connectivity index (χ2v) is 10.8. The number of aromatic nitrogens is 5. The van der Waals surface area contributed by atoms with Crippen LogP contribution in [-0.4, -0.2) is 62.1 Å². The minimum atomic E-state index is 0.343. The van der Waals surface area contributed by atoms with Crippen molar-refractivity contribution in [2.24, 2.45) is 35.4 Å². The minimum Gasteiger partial charge on any atom is -0.382 e. The number of nitrogens with one attached hydrogen (secondary N) is 2. The van der Waals surface area contributed by atoms with E-state index in [4.69, 9.17) is 37.2 Å². The summed E-state index contributed by atoms with van der Waals surface area (Å²) in [5.74, 6) is 9.69. The number of pyridine rings is 1. The van der Waals surface area contributed by atoms with Crippen molar-refractivity contribution in [2.75, 3.05) is 42.2 Å². The molecule has 0 bridgehead atoms. The van der Waals surface area contributed by atoms with Crippen LogP contribution in [0.3, 0.4) is 0 Å². The first-order chi connectivity index (χ1) is 20.2. The number of hydrazone groups is 1. The third-order valence-corrected chi connectivity index (χ3v) is 7.57. The summed E-state index contributed by atoms with van der Waals surface area (Å²) >= 11 is 0. The van der Waals surface area contributed by atoms with Crippen LogP contribution in [0.5, 0.6) is 0 Å². The number of hydrogen-bond acceptors (Lipinski definition) is 11. The molecule has 8 N–H and O–H groups in total. The molecule has 13 heteroatoms. The largest absolute Gasteiger partial charge is 0.382 e. The van der Waals surface area contributed by atoms with Gasteiger partial charge in [-0.2, -0.15) is 0 Å². The molecular weight excluding hydrogens is 530 g/mol. The number of rotatable bonds is 10. The molecule has 1 unspecified atom stereocenters. The van der Waals surface area contributed by atoms with Gasteiger partial charge in [-0.1, -0.05) is 26.0 Å². The van der Waals surface area contributed by atoms with E-state index in [2.05, 4.69) is 34.5 Å². The molecule has 0 saturated carbocycles. The highest BCUT2D eigenvalue weighted by molar-refractivity contribution is 6.00. The quantitative estimate of drug-likeness (QED) is 0.0818. The van der Waals surface area contributed by atoms with Gasteiger partial charge in [-0.25, -0.2) is 30.9 Å². The lowest BCUT2D eigenvalue weighted by molar-refractivity contribution is 0.371. The number of nitrogens with zero attached hydrogens (tertiary/aromatic N) is 8. The average Bonchev–Trinajstić information content (AvgIpc) is 3.51. The van der Waals surface area contributed by atoms with Crippen LogP contribution in [0.25, 0.3) is 11.2 Å². The molecule has 0 radical (unpaired) electrons. The Balaban J connectivity index is 1.53. The van der Waals surface area contributed by atoms with Crippen LogP contribution in [0.15, 0.2) is 35.6 Å². The molecule has 1 fully saturated rings. The van der Waals surface area contributed by atoms with Crippen molar-refractivity contribution in [2.45, 2.75) is 40.0 Å². The van der Waals surface area contributed by atoms with Crippen LogP contribution < -0.4 is 32.8 Å². The number of fused-ring (bicyclic) bond motifs is 1. The first-order valence-corrected chi connectivity index (χ1v) is 14.3. The Morgan fingerprint density at radius 3 is 2.67 bits per heavy atom. The lowest BCUT2D eigenvalue weighted by Crippen LogP contribution is -2.26. The highest BCUT2D eigenvalue weighted by Crippen LogP contribution is 2.32. The van der Waals surface area contributed by atoms with Crippen LogP contribution >= 0.6 is 0 Å². The molecule has 1 atom stereocenters. The summed E-state index contributed by atoms with van der Waals surface area (Å²) in [6.45, 7) is 8.76. The molecule has 5 rings (SSSR count). The van der Waals surface area contributed by atoms with Gasteiger partial charge in [-0.3, -0.25) is 0 Å². The molecule has 4 aromatic rings. The number of nitrogens with two attached hydrogens (primary N) is 3. The molecule has 13 nitrogen and oxygen atoms in total. The zero-order valence-electron chi connectivity index (χ0n) is 25.0. The summed E-state index contributed by atoms with van der Waals surface area (Å²) in [6, 6.07) is 7.83. The predicted molar refractivity (Wildman–Crippen MR) is 169 cm³/mol. The van der Waals surface area contributed by atoms with Gasteiger partial charge in [0.15, 0.2) is 23.1 Å². The third kappa shape index (κ3) is 5.92. The zero-order chi connectivity index (χ0) is 30.0. The van der Waals surface area contributed by atoms with Crippen LogP contribution in [0.4, 0.5) is 28.8 Å². The van der Waals surface area contributed by atoms with Gasteiger partial charge in [-0.15, -0.1) is 5.10 Å². The smallest absolute Gasteiger partial charge is 0.164 e. The van der Waals surface area contributed by atoms with Gasteiger partial charge < -0.3 is 31.6 Å². The van der Waals surface area contributed by atoms with Crippen molar-refractivity contribution in [1.29, 1.82) is 0 Å². The van der Waals surface area contributed by atoms with E-state index in [-0.39, 0.29) is 0 Å².